The van der Waals surface area contributed by atoms with Crippen LogP contribution in [0.25, 0.3) is 22.0 Å². The summed E-state index contributed by atoms with van der Waals surface area (Å²) >= 11 is 0. The van der Waals surface area contributed by atoms with Gasteiger partial charge in [-0.05, 0) is 37.5 Å². The molecule has 2 heteroatoms. The summed E-state index contributed by atoms with van der Waals surface area (Å²) < 4.78 is 0. The number of benzene rings is 3. The van der Waals surface area contributed by atoms with Crippen LogP contribution in [0.2, 0.25) is 0 Å². The summed E-state index contributed by atoms with van der Waals surface area (Å²) in [5.74, 6) is 0. The molecule has 0 bridgehead atoms. The van der Waals surface area contributed by atoms with Crippen molar-refractivity contribution in [3.63, 3.8) is 0 Å². The minimum Gasteiger partial charge on any atom is -0.368 e. The highest BCUT2D eigenvalue weighted by atomic mass is 15.1. The van der Waals surface area contributed by atoms with Gasteiger partial charge >= 0.3 is 0 Å². The van der Waals surface area contributed by atoms with Crippen LogP contribution >= 0.6 is 0 Å². The van der Waals surface area contributed by atoms with Gasteiger partial charge in [0.1, 0.15) is 0 Å². The molecule has 0 saturated heterocycles. The second-order valence-corrected chi connectivity index (χ2v) is 7.55. The fourth-order valence-corrected chi connectivity index (χ4v) is 4.17. The number of fused-ring (bicyclic) bond motifs is 1. The van der Waals surface area contributed by atoms with Crippen molar-refractivity contribution in [1.82, 2.24) is 4.98 Å². The minimum atomic E-state index is 0.857. The molecule has 1 heterocycles. The van der Waals surface area contributed by atoms with Gasteiger partial charge in [-0.1, -0.05) is 72.8 Å². The van der Waals surface area contributed by atoms with Crippen molar-refractivity contribution in [2.45, 2.75) is 27.3 Å². The average molecular weight is 367 g/mol. The molecule has 3 aromatic carbocycles. The number of anilines is 1. The molecule has 28 heavy (non-hydrogen) atoms. The van der Waals surface area contributed by atoms with E-state index in [1.165, 1.54) is 38.7 Å². The van der Waals surface area contributed by atoms with Crippen LogP contribution in [0, 0.1) is 20.8 Å². The zero-order valence-corrected chi connectivity index (χ0v) is 17.0. The molecule has 4 aromatic rings. The number of rotatable bonds is 4. The van der Waals surface area contributed by atoms with Crippen LogP contribution in [0.5, 0.6) is 0 Å². The molecule has 1 aromatic heterocycles. The molecule has 0 spiro atoms. The van der Waals surface area contributed by atoms with Gasteiger partial charge in [0.15, 0.2) is 0 Å². The average Bonchev–Trinajstić information content (AvgIpc) is 2.68. The van der Waals surface area contributed by atoms with Gasteiger partial charge in [-0.25, -0.2) is 0 Å². The van der Waals surface area contributed by atoms with E-state index in [1.54, 1.807) is 0 Å². The number of aryl methyl sites for hydroxylation is 3. The maximum Gasteiger partial charge on any atom is 0.0790 e. The van der Waals surface area contributed by atoms with Crippen LogP contribution in [-0.2, 0) is 6.54 Å². The van der Waals surface area contributed by atoms with Crippen molar-refractivity contribution in [1.29, 1.82) is 0 Å². The smallest absolute Gasteiger partial charge is 0.0790 e. The second kappa shape index (κ2) is 7.47. The van der Waals surface area contributed by atoms with Crippen LogP contribution in [0.1, 0.15) is 22.4 Å². The lowest BCUT2D eigenvalue weighted by Crippen LogP contribution is -2.18. The SMILES string of the molecule is Cc1cccc(C)c1-c1nc(C)c(N(C)Cc2ccccc2)c2ccccc12. The molecule has 0 atom stereocenters. The minimum absolute atomic E-state index is 0.857. The van der Waals surface area contributed by atoms with Gasteiger partial charge in [0.05, 0.1) is 17.1 Å². The molecule has 0 aliphatic rings. The van der Waals surface area contributed by atoms with Crippen LogP contribution in [0.3, 0.4) is 0 Å². The summed E-state index contributed by atoms with van der Waals surface area (Å²) in [6.07, 6.45) is 0. The second-order valence-electron chi connectivity index (χ2n) is 7.55. The molecule has 0 amide bonds. The number of hydrogen-bond acceptors (Lipinski definition) is 2. The third-order valence-electron chi connectivity index (χ3n) is 5.42. The summed E-state index contributed by atoms with van der Waals surface area (Å²) in [7, 11) is 2.15. The van der Waals surface area contributed by atoms with Crippen molar-refractivity contribution in [3.8, 4) is 11.3 Å². The molecule has 0 saturated carbocycles. The van der Waals surface area contributed by atoms with Crippen LogP contribution < -0.4 is 4.90 Å². The van der Waals surface area contributed by atoms with Crippen LogP contribution in [0.4, 0.5) is 5.69 Å². The molecule has 0 aliphatic carbocycles. The van der Waals surface area contributed by atoms with Crippen molar-refractivity contribution >= 4 is 16.5 Å². The van der Waals surface area contributed by atoms with E-state index in [1.807, 2.05) is 0 Å². The first-order chi connectivity index (χ1) is 13.6. The zero-order chi connectivity index (χ0) is 19.7. The molecule has 2 nitrogen and oxygen atoms in total. The van der Waals surface area contributed by atoms with E-state index in [2.05, 4.69) is 106 Å². The number of aromatic nitrogens is 1. The fraction of sp³-hybridized carbons (Fsp3) is 0.192. The normalized spacial score (nSPS) is 11.0. The van der Waals surface area contributed by atoms with E-state index in [4.69, 9.17) is 4.98 Å². The Balaban J connectivity index is 1.90. The highest BCUT2D eigenvalue weighted by molar-refractivity contribution is 6.03. The predicted molar refractivity (Wildman–Crippen MR) is 120 cm³/mol. The van der Waals surface area contributed by atoms with E-state index >= 15 is 0 Å². The van der Waals surface area contributed by atoms with E-state index < -0.39 is 0 Å². The Morgan fingerprint density at radius 2 is 1.32 bits per heavy atom. The lowest BCUT2D eigenvalue weighted by molar-refractivity contribution is 0.915. The molecular formula is C26H26N2. The van der Waals surface area contributed by atoms with E-state index in [0.717, 1.165) is 17.9 Å². The van der Waals surface area contributed by atoms with Crippen molar-refractivity contribution in [2.75, 3.05) is 11.9 Å². The fourth-order valence-electron chi connectivity index (χ4n) is 4.17. The topological polar surface area (TPSA) is 16.1 Å². The Kier molecular flexibility index (Phi) is 4.87. The van der Waals surface area contributed by atoms with Gasteiger partial charge in [0, 0.05) is 29.9 Å². The number of hydrogen-bond donors (Lipinski definition) is 0. The Morgan fingerprint density at radius 1 is 0.714 bits per heavy atom. The third-order valence-corrected chi connectivity index (χ3v) is 5.42. The first-order valence-electron chi connectivity index (χ1n) is 9.77. The van der Waals surface area contributed by atoms with Gasteiger partial charge in [-0.15, -0.1) is 0 Å². The zero-order valence-electron chi connectivity index (χ0n) is 17.0. The van der Waals surface area contributed by atoms with Crippen molar-refractivity contribution < 1.29 is 0 Å². The molecule has 4 rings (SSSR count). The van der Waals surface area contributed by atoms with Crippen molar-refractivity contribution in [2.24, 2.45) is 0 Å². The Morgan fingerprint density at radius 3 is 2.00 bits per heavy atom. The van der Waals surface area contributed by atoms with Gasteiger partial charge in [-0.3, -0.25) is 4.98 Å². The lowest BCUT2D eigenvalue weighted by atomic mass is 9.95. The molecule has 140 valence electrons. The Labute approximate surface area is 167 Å². The summed E-state index contributed by atoms with van der Waals surface area (Å²) in [5.41, 5.74) is 8.43. The van der Waals surface area contributed by atoms with E-state index in [-0.39, 0.29) is 0 Å². The first-order valence-corrected chi connectivity index (χ1v) is 9.77. The van der Waals surface area contributed by atoms with Crippen molar-refractivity contribution in [3.05, 3.63) is 95.2 Å². The highest BCUT2D eigenvalue weighted by Gasteiger charge is 2.17. The quantitative estimate of drug-likeness (QED) is 0.412. The van der Waals surface area contributed by atoms with Gasteiger partial charge in [0.2, 0.25) is 0 Å². The lowest BCUT2D eigenvalue weighted by Gasteiger charge is -2.25. The number of nitrogens with zero attached hydrogens (tertiary/aromatic N) is 2. The standard InChI is InChI=1S/C26H26N2/c1-18-11-10-12-19(2)24(18)25-22-15-8-9-16-23(22)26(20(3)27-25)28(4)17-21-13-6-5-7-14-21/h5-16H,17H2,1-4H3. The summed E-state index contributed by atoms with van der Waals surface area (Å²) in [4.78, 5) is 7.43. The molecule has 0 radical (unpaired) electrons. The van der Waals surface area contributed by atoms with Crippen LogP contribution in [0.15, 0.2) is 72.8 Å². The molecule has 0 aliphatic heterocycles. The van der Waals surface area contributed by atoms with E-state index in [9.17, 15) is 0 Å². The number of pyridine rings is 1. The Bertz CT molecular complexity index is 1110. The molecule has 0 fully saturated rings. The highest BCUT2D eigenvalue weighted by Crippen LogP contribution is 2.37. The first kappa shape index (κ1) is 18.2. The predicted octanol–water partition coefficient (Wildman–Crippen LogP) is 6.46. The molecule has 0 N–H and O–H groups in total. The van der Waals surface area contributed by atoms with Gasteiger partial charge in [-0.2, -0.15) is 0 Å². The largest absolute Gasteiger partial charge is 0.368 e. The Hall–Kier alpha value is -3.13. The maximum absolute atomic E-state index is 5.11. The summed E-state index contributed by atoms with van der Waals surface area (Å²) in [6, 6.07) is 25.7. The van der Waals surface area contributed by atoms with Gasteiger partial charge < -0.3 is 4.90 Å². The monoisotopic (exact) mass is 366 g/mol. The molecule has 0 unspecified atom stereocenters. The summed E-state index contributed by atoms with van der Waals surface area (Å²) in [5, 5.41) is 2.46. The van der Waals surface area contributed by atoms with Crippen LogP contribution in [-0.4, -0.2) is 12.0 Å². The molecular weight excluding hydrogens is 340 g/mol. The summed E-state index contributed by atoms with van der Waals surface area (Å²) in [6.45, 7) is 7.32. The van der Waals surface area contributed by atoms with Gasteiger partial charge in [0.25, 0.3) is 0 Å². The maximum atomic E-state index is 5.11. The third kappa shape index (κ3) is 3.27. The van der Waals surface area contributed by atoms with E-state index in [0.29, 0.717) is 0 Å².